The van der Waals surface area contributed by atoms with Gasteiger partial charge in [-0.15, -0.1) is 0 Å². The zero-order valence-corrected chi connectivity index (χ0v) is 14.1. The second-order valence-corrected chi connectivity index (χ2v) is 8.38. The zero-order chi connectivity index (χ0) is 16.4. The van der Waals surface area contributed by atoms with Crippen molar-refractivity contribution in [3.05, 3.63) is 35.5 Å². The predicted octanol–water partition coefficient (Wildman–Crippen LogP) is 1.82. The Balaban J connectivity index is 1.60. The standard InChI is InChI=1S/C17H22N2O3S/c1-2-12-4-3-5-15-13(10-19-16(12)15)6-8-18-17(20)14-7-9-23(21,22)11-14/h3-5,10,14,19H,2,6-9,11H2,1H3,(H,18,20)/t14-/m1/s1. The van der Waals surface area contributed by atoms with Gasteiger partial charge < -0.3 is 10.3 Å². The second kappa shape index (κ2) is 6.35. The maximum atomic E-state index is 12.0. The molecule has 1 amide bonds. The third kappa shape index (κ3) is 3.42. The molecular weight excluding hydrogens is 312 g/mol. The van der Waals surface area contributed by atoms with Crippen LogP contribution in [0.3, 0.4) is 0 Å². The van der Waals surface area contributed by atoms with Crippen molar-refractivity contribution >= 4 is 26.6 Å². The number of hydrogen-bond acceptors (Lipinski definition) is 3. The van der Waals surface area contributed by atoms with Crippen molar-refractivity contribution in [3.8, 4) is 0 Å². The monoisotopic (exact) mass is 334 g/mol. The van der Waals surface area contributed by atoms with E-state index in [4.69, 9.17) is 0 Å². The van der Waals surface area contributed by atoms with Crippen molar-refractivity contribution in [2.24, 2.45) is 5.92 Å². The maximum Gasteiger partial charge on any atom is 0.224 e. The number of benzene rings is 1. The molecule has 1 aliphatic heterocycles. The molecule has 1 aromatic heterocycles. The molecule has 0 radical (unpaired) electrons. The van der Waals surface area contributed by atoms with Gasteiger partial charge in [-0.05, 0) is 30.4 Å². The minimum atomic E-state index is -3.01. The summed E-state index contributed by atoms with van der Waals surface area (Å²) in [5, 5.41) is 4.07. The first-order chi connectivity index (χ1) is 11.0. The SMILES string of the molecule is CCc1cccc2c(CCNC(=O)[C@@H]3CCS(=O)(=O)C3)c[nH]c12. The highest BCUT2D eigenvalue weighted by Gasteiger charge is 2.32. The smallest absolute Gasteiger partial charge is 0.224 e. The number of aryl methyl sites for hydroxylation is 1. The molecule has 2 aromatic rings. The van der Waals surface area contributed by atoms with Crippen molar-refractivity contribution in [1.82, 2.24) is 10.3 Å². The third-order valence-electron chi connectivity index (χ3n) is 4.57. The van der Waals surface area contributed by atoms with Gasteiger partial charge in [-0.1, -0.05) is 25.1 Å². The van der Waals surface area contributed by atoms with Crippen molar-refractivity contribution in [3.63, 3.8) is 0 Å². The highest BCUT2D eigenvalue weighted by molar-refractivity contribution is 7.91. The third-order valence-corrected chi connectivity index (χ3v) is 6.33. The van der Waals surface area contributed by atoms with Crippen molar-refractivity contribution in [2.75, 3.05) is 18.1 Å². The maximum absolute atomic E-state index is 12.0. The highest BCUT2D eigenvalue weighted by Crippen LogP contribution is 2.22. The van der Waals surface area contributed by atoms with E-state index in [1.165, 1.54) is 22.0 Å². The number of fused-ring (bicyclic) bond motifs is 1. The average Bonchev–Trinajstić information content (AvgIpc) is 3.10. The summed E-state index contributed by atoms with van der Waals surface area (Å²) in [6, 6.07) is 6.26. The van der Waals surface area contributed by atoms with E-state index in [9.17, 15) is 13.2 Å². The number of rotatable bonds is 5. The van der Waals surface area contributed by atoms with Crippen molar-refractivity contribution in [1.29, 1.82) is 0 Å². The Labute approximate surface area is 136 Å². The topological polar surface area (TPSA) is 79.0 Å². The van der Waals surface area contributed by atoms with Crippen LogP contribution in [0, 0.1) is 5.92 Å². The molecule has 1 saturated heterocycles. The fraction of sp³-hybridized carbons (Fsp3) is 0.471. The number of H-pyrrole nitrogens is 1. The molecule has 1 fully saturated rings. The van der Waals surface area contributed by atoms with Gasteiger partial charge in [-0.3, -0.25) is 4.79 Å². The fourth-order valence-electron chi connectivity index (χ4n) is 3.24. The Bertz CT molecular complexity index is 823. The van der Waals surface area contributed by atoms with E-state index in [1.54, 1.807) is 0 Å². The van der Waals surface area contributed by atoms with Gasteiger partial charge in [-0.2, -0.15) is 0 Å². The molecule has 6 heteroatoms. The lowest BCUT2D eigenvalue weighted by Crippen LogP contribution is -2.32. The zero-order valence-electron chi connectivity index (χ0n) is 13.3. The summed E-state index contributed by atoms with van der Waals surface area (Å²) in [5.74, 6) is -0.395. The fourth-order valence-corrected chi connectivity index (χ4v) is 4.98. The van der Waals surface area contributed by atoms with E-state index in [0.717, 1.165) is 12.8 Å². The summed E-state index contributed by atoms with van der Waals surface area (Å²) in [7, 11) is -3.01. The summed E-state index contributed by atoms with van der Waals surface area (Å²) < 4.78 is 22.9. The molecule has 0 aliphatic carbocycles. The van der Waals surface area contributed by atoms with E-state index in [2.05, 4.69) is 35.4 Å². The lowest BCUT2D eigenvalue weighted by atomic mass is 10.1. The van der Waals surface area contributed by atoms with Crippen LogP contribution in [-0.4, -0.2) is 37.4 Å². The van der Waals surface area contributed by atoms with Gasteiger partial charge >= 0.3 is 0 Å². The van der Waals surface area contributed by atoms with Crippen LogP contribution in [-0.2, 0) is 27.5 Å². The second-order valence-electron chi connectivity index (χ2n) is 6.15. The first kappa shape index (κ1) is 16.1. The van der Waals surface area contributed by atoms with Gasteiger partial charge in [0.1, 0.15) is 0 Å². The Morgan fingerprint density at radius 3 is 2.87 bits per heavy atom. The average molecular weight is 334 g/mol. The van der Waals surface area contributed by atoms with E-state index < -0.39 is 9.84 Å². The molecule has 23 heavy (non-hydrogen) atoms. The highest BCUT2D eigenvalue weighted by atomic mass is 32.2. The minimum Gasteiger partial charge on any atom is -0.361 e. The molecule has 1 aromatic carbocycles. The first-order valence-corrected chi connectivity index (χ1v) is 9.88. The van der Waals surface area contributed by atoms with E-state index in [-0.39, 0.29) is 23.3 Å². The molecule has 0 unspecified atom stereocenters. The van der Waals surface area contributed by atoms with Crippen LogP contribution < -0.4 is 5.32 Å². The van der Waals surface area contributed by atoms with Crippen LogP contribution in [0.2, 0.25) is 0 Å². The van der Waals surface area contributed by atoms with Gasteiger partial charge in [0.15, 0.2) is 9.84 Å². The van der Waals surface area contributed by atoms with Crippen molar-refractivity contribution < 1.29 is 13.2 Å². The molecule has 0 spiro atoms. The Hall–Kier alpha value is -1.82. The summed E-state index contributed by atoms with van der Waals surface area (Å²) in [6.07, 6.45) is 4.15. The Morgan fingerprint density at radius 2 is 2.17 bits per heavy atom. The van der Waals surface area contributed by atoms with Crippen LogP contribution in [0.4, 0.5) is 0 Å². The van der Waals surface area contributed by atoms with E-state index in [0.29, 0.717) is 13.0 Å². The van der Waals surface area contributed by atoms with E-state index >= 15 is 0 Å². The van der Waals surface area contributed by atoms with Gasteiger partial charge in [0.2, 0.25) is 5.91 Å². The molecule has 124 valence electrons. The number of carbonyl (C=O) groups excluding carboxylic acids is 1. The Morgan fingerprint density at radius 1 is 1.35 bits per heavy atom. The summed E-state index contributed by atoms with van der Waals surface area (Å²) in [5.41, 5.74) is 3.63. The minimum absolute atomic E-state index is 0.00816. The number of sulfone groups is 1. The number of aromatic nitrogens is 1. The molecule has 5 nitrogen and oxygen atoms in total. The number of amides is 1. The van der Waals surface area contributed by atoms with E-state index in [1.807, 2.05) is 6.20 Å². The molecule has 2 N–H and O–H groups in total. The lowest BCUT2D eigenvalue weighted by molar-refractivity contribution is -0.124. The number of carbonyl (C=O) groups is 1. The first-order valence-electron chi connectivity index (χ1n) is 8.06. The van der Waals surface area contributed by atoms with Gasteiger partial charge in [0.05, 0.1) is 17.4 Å². The van der Waals surface area contributed by atoms with Crippen molar-refractivity contribution in [2.45, 2.75) is 26.2 Å². The molecule has 2 heterocycles. The molecule has 1 aliphatic rings. The molecule has 0 saturated carbocycles. The number of aromatic amines is 1. The Kier molecular flexibility index (Phi) is 4.43. The summed E-state index contributed by atoms with van der Waals surface area (Å²) in [4.78, 5) is 15.4. The largest absolute Gasteiger partial charge is 0.361 e. The summed E-state index contributed by atoms with van der Waals surface area (Å²) in [6.45, 7) is 2.66. The quantitative estimate of drug-likeness (QED) is 0.875. The lowest BCUT2D eigenvalue weighted by Gasteiger charge is -2.09. The molecule has 0 bridgehead atoms. The number of nitrogens with one attached hydrogen (secondary N) is 2. The van der Waals surface area contributed by atoms with Gasteiger partial charge in [0, 0.05) is 23.6 Å². The van der Waals surface area contributed by atoms with Crippen LogP contribution in [0.15, 0.2) is 24.4 Å². The predicted molar refractivity (Wildman–Crippen MR) is 91.2 cm³/mol. The number of hydrogen-bond donors (Lipinski definition) is 2. The van der Waals surface area contributed by atoms with Crippen LogP contribution in [0.1, 0.15) is 24.5 Å². The van der Waals surface area contributed by atoms with Crippen LogP contribution in [0.5, 0.6) is 0 Å². The molecule has 3 rings (SSSR count). The van der Waals surface area contributed by atoms with Crippen LogP contribution in [0.25, 0.3) is 10.9 Å². The summed E-state index contributed by atoms with van der Waals surface area (Å²) >= 11 is 0. The number of para-hydroxylation sites is 1. The van der Waals surface area contributed by atoms with Gasteiger partial charge in [0.25, 0.3) is 0 Å². The van der Waals surface area contributed by atoms with Gasteiger partial charge in [-0.25, -0.2) is 8.42 Å². The molecular formula is C17H22N2O3S. The molecule has 1 atom stereocenters. The normalized spacial score (nSPS) is 20.0. The van der Waals surface area contributed by atoms with Crippen LogP contribution >= 0.6 is 0 Å².